The number of ether oxygens (including phenoxy) is 1. The van der Waals surface area contributed by atoms with Crippen molar-refractivity contribution in [1.82, 2.24) is 0 Å². The van der Waals surface area contributed by atoms with Gasteiger partial charge in [0.25, 0.3) is 0 Å². The summed E-state index contributed by atoms with van der Waals surface area (Å²) >= 11 is 0. The van der Waals surface area contributed by atoms with Crippen LogP contribution in [0.25, 0.3) is 0 Å². The lowest BCUT2D eigenvalue weighted by molar-refractivity contribution is 0.322. The second-order valence-corrected chi connectivity index (χ2v) is 3.30. The van der Waals surface area contributed by atoms with E-state index in [-0.39, 0.29) is 17.5 Å². The van der Waals surface area contributed by atoms with Crippen molar-refractivity contribution in [2.45, 2.75) is 13.0 Å². The molecular weight excluding hydrogens is 182 g/mol. The van der Waals surface area contributed by atoms with Gasteiger partial charge in [0.05, 0.1) is 11.6 Å². The van der Waals surface area contributed by atoms with Crippen LogP contribution in [0.1, 0.15) is 12.5 Å². The Morgan fingerprint density at radius 2 is 2.21 bits per heavy atom. The molecular formula is C10H11NO3. The van der Waals surface area contributed by atoms with Crippen LogP contribution in [0, 0.1) is 0 Å². The van der Waals surface area contributed by atoms with E-state index in [2.05, 4.69) is 4.99 Å². The van der Waals surface area contributed by atoms with Gasteiger partial charge in [0.15, 0.2) is 0 Å². The number of aromatic hydroxyl groups is 2. The van der Waals surface area contributed by atoms with Crippen molar-refractivity contribution < 1.29 is 14.9 Å². The van der Waals surface area contributed by atoms with Crippen molar-refractivity contribution in [2.75, 3.05) is 6.61 Å². The highest BCUT2D eigenvalue weighted by Gasteiger charge is 2.18. The highest BCUT2D eigenvalue weighted by Crippen LogP contribution is 2.25. The summed E-state index contributed by atoms with van der Waals surface area (Å²) in [6.07, 6.45) is 0. The number of phenols is 2. The standard InChI is InChI=1S/C10H11NO3/c1-6-5-14-10(11-6)8-3-2-7(12)4-9(8)13/h2-4,6,12-13H,5H2,1H3/t6-/m0/s1. The Labute approximate surface area is 81.5 Å². The van der Waals surface area contributed by atoms with E-state index in [0.29, 0.717) is 18.1 Å². The molecule has 1 aliphatic rings. The zero-order chi connectivity index (χ0) is 10.1. The van der Waals surface area contributed by atoms with Crippen molar-refractivity contribution >= 4 is 5.90 Å². The summed E-state index contributed by atoms with van der Waals surface area (Å²) in [5, 5.41) is 18.6. The van der Waals surface area contributed by atoms with Gasteiger partial charge < -0.3 is 14.9 Å². The molecule has 1 aliphatic heterocycles. The van der Waals surface area contributed by atoms with Crippen LogP contribution in [0.3, 0.4) is 0 Å². The van der Waals surface area contributed by atoms with E-state index >= 15 is 0 Å². The van der Waals surface area contributed by atoms with Crippen LogP contribution < -0.4 is 0 Å². The van der Waals surface area contributed by atoms with Crippen LogP contribution in [0.4, 0.5) is 0 Å². The van der Waals surface area contributed by atoms with Gasteiger partial charge in [-0.1, -0.05) is 0 Å². The first-order valence-corrected chi connectivity index (χ1v) is 4.40. The zero-order valence-electron chi connectivity index (χ0n) is 7.77. The fraction of sp³-hybridized carbons (Fsp3) is 0.300. The minimum atomic E-state index is -0.0159. The average molecular weight is 193 g/mol. The second kappa shape index (κ2) is 3.21. The number of hydrogen-bond acceptors (Lipinski definition) is 4. The molecule has 0 fully saturated rings. The zero-order valence-corrected chi connectivity index (χ0v) is 7.77. The summed E-state index contributed by atoms with van der Waals surface area (Å²) in [7, 11) is 0. The van der Waals surface area contributed by atoms with E-state index in [1.54, 1.807) is 6.07 Å². The van der Waals surface area contributed by atoms with Crippen molar-refractivity contribution in [3.8, 4) is 11.5 Å². The number of aliphatic imine (C=N–C) groups is 1. The van der Waals surface area contributed by atoms with Gasteiger partial charge in [0.2, 0.25) is 5.90 Å². The van der Waals surface area contributed by atoms with Crippen molar-refractivity contribution in [2.24, 2.45) is 4.99 Å². The van der Waals surface area contributed by atoms with Gasteiger partial charge in [-0.15, -0.1) is 0 Å². The number of benzene rings is 1. The molecule has 0 spiro atoms. The molecule has 0 aliphatic carbocycles. The van der Waals surface area contributed by atoms with Crippen LogP contribution in [0.15, 0.2) is 23.2 Å². The van der Waals surface area contributed by atoms with Gasteiger partial charge in [-0.25, -0.2) is 4.99 Å². The summed E-state index contributed by atoms with van der Waals surface area (Å²) < 4.78 is 5.28. The van der Waals surface area contributed by atoms with E-state index in [9.17, 15) is 5.11 Å². The Kier molecular flexibility index (Phi) is 2.04. The van der Waals surface area contributed by atoms with Gasteiger partial charge in [0, 0.05) is 6.07 Å². The highest BCUT2D eigenvalue weighted by molar-refractivity contribution is 5.97. The first kappa shape index (κ1) is 8.87. The van der Waals surface area contributed by atoms with Gasteiger partial charge in [-0.05, 0) is 19.1 Å². The number of hydrogen-bond donors (Lipinski definition) is 2. The monoisotopic (exact) mass is 193 g/mol. The quantitative estimate of drug-likeness (QED) is 0.705. The molecule has 14 heavy (non-hydrogen) atoms. The molecule has 4 nitrogen and oxygen atoms in total. The molecule has 2 N–H and O–H groups in total. The molecule has 0 saturated carbocycles. The predicted octanol–water partition coefficient (Wildman–Crippen LogP) is 1.26. The van der Waals surface area contributed by atoms with E-state index in [4.69, 9.17) is 9.84 Å². The second-order valence-electron chi connectivity index (χ2n) is 3.30. The van der Waals surface area contributed by atoms with Crippen molar-refractivity contribution in [1.29, 1.82) is 0 Å². The number of nitrogens with zero attached hydrogens (tertiary/aromatic N) is 1. The molecule has 2 rings (SSSR count). The van der Waals surface area contributed by atoms with Crippen LogP contribution in [-0.4, -0.2) is 28.8 Å². The maximum atomic E-state index is 9.52. The Morgan fingerprint density at radius 3 is 2.79 bits per heavy atom. The number of phenolic OH excluding ortho intramolecular Hbond substituents is 2. The number of rotatable bonds is 1. The van der Waals surface area contributed by atoms with Crippen LogP contribution in [-0.2, 0) is 4.74 Å². The largest absolute Gasteiger partial charge is 0.508 e. The molecule has 1 atom stereocenters. The van der Waals surface area contributed by atoms with Gasteiger partial charge >= 0.3 is 0 Å². The lowest BCUT2D eigenvalue weighted by Crippen LogP contribution is -2.02. The first-order valence-electron chi connectivity index (χ1n) is 4.40. The third-order valence-electron chi connectivity index (χ3n) is 2.01. The maximum absolute atomic E-state index is 9.52. The molecule has 4 heteroatoms. The van der Waals surface area contributed by atoms with Gasteiger partial charge in [-0.2, -0.15) is 0 Å². The SMILES string of the molecule is C[C@H]1COC(c2ccc(O)cc2O)=N1. The average Bonchev–Trinajstić information content (AvgIpc) is 2.51. The van der Waals surface area contributed by atoms with Crippen LogP contribution in [0.2, 0.25) is 0 Å². The van der Waals surface area contributed by atoms with Crippen molar-refractivity contribution in [3.05, 3.63) is 23.8 Å². The van der Waals surface area contributed by atoms with E-state index < -0.39 is 0 Å². The summed E-state index contributed by atoms with van der Waals surface area (Å²) in [5.41, 5.74) is 0.521. The molecule has 74 valence electrons. The van der Waals surface area contributed by atoms with Gasteiger partial charge in [0.1, 0.15) is 18.1 Å². The summed E-state index contributed by atoms with van der Waals surface area (Å²) in [6, 6.07) is 4.47. The molecule has 0 aromatic heterocycles. The molecule has 0 bridgehead atoms. The molecule has 0 radical (unpaired) electrons. The minimum absolute atomic E-state index is 0.0159. The third kappa shape index (κ3) is 1.51. The normalized spacial score (nSPS) is 20.4. The Morgan fingerprint density at radius 1 is 1.43 bits per heavy atom. The molecule has 0 amide bonds. The maximum Gasteiger partial charge on any atom is 0.220 e. The first-order chi connectivity index (χ1) is 6.66. The molecule has 1 heterocycles. The minimum Gasteiger partial charge on any atom is -0.508 e. The third-order valence-corrected chi connectivity index (χ3v) is 2.01. The summed E-state index contributed by atoms with van der Waals surface area (Å²) in [4.78, 5) is 4.20. The lowest BCUT2D eigenvalue weighted by atomic mass is 10.2. The van der Waals surface area contributed by atoms with E-state index in [1.165, 1.54) is 12.1 Å². The Bertz CT molecular complexity index is 387. The van der Waals surface area contributed by atoms with Crippen LogP contribution >= 0.6 is 0 Å². The Hall–Kier alpha value is -1.71. The highest BCUT2D eigenvalue weighted by atomic mass is 16.5. The van der Waals surface area contributed by atoms with Gasteiger partial charge in [-0.3, -0.25) is 0 Å². The predicted molar refractivity (Wildman–Crippen MR) is 51.7 cm³/mol. The smallest absolute Gasteiger partial charge is 0.220 e. The van der Waals surface area contributed by atoms with Crippen LogP contribution in [0.5, 0.6) is 11.5 Å². The van der Waals surface area contributed by atoms with E-state index in [0.717, 1.165) is 0 Å². The molecule has 1 aromatic rings. The molecule has 1 aromatic carbocycles. The topological polar surface area (TPSA) is 62.0 Å². The van der Waals surface area contributed by atoms with Crippen molar-refractivity contribution in [3.63, 3.8) is 0 Å². The summed E-state index contributed by atoms with van der Waals surface area (Å²) in [6.45, 7) is 2.47. The molecule has 0 saturated heterocycles. The fourth-order valence-electron chi connectivity index (χ4n) is 1.32. The summed E-state index contributed by atoms with van der Waals surface area (Å²) in [5.74, 6) is 0.450. The molecule has 0 unspecified atom stereocenters. The van der Waals surface area contributed by atoms with E-state index in [1.807, 2.05) is 6.92 Å². The lowest BCUT2D eigenvalue weighted by Gasteiger charge is -2.04. The Balaban J connectivity index is 2.37. The fourth-order valence-corrected chi connectivity index (χ4v) is 1.32.